The second kappa shape index (κ2) is 14.0. The van der Waals surface area contributed by atoms with Crippen molar-refractivity contribution in [3.05, 3.63) is 65.5 Å². The van der Waals surface area contributed by atoms with E-state index in [9.17, 15) is 4.79 Å². The lowest BCUT2D eigenvalue weighted by Crippen LogP contribution is -2.30. The number of hydrogen-bond acceptors (Lipinski definition) is 5. The predicted molar refractivity (Wildman–Crippen MR) is 135 cm³/mol. The van der Waals surface area contributed by atoms with E-state index in [-0.39, 0.29) is 11.8 Å². The van der Waals surface area contributed by atoms with Crippen LogP contribution in [-0.2, 0) is 4.84 Å². The molecule has 2 heterocycles. The lowest BCUT2D eigenvalue weighted by Gasteiger charge is -2.11. The fourth-order valence-corrected chi connectivity index (χ4v) is 4.06. The summed E-state index contributed by atoms with van der Waals surface area (Å²) in [5, 5.41) is 7.00. The van der Waals surface area contributed by atoms with Gasteiger partial charge in [-0.25, -0.2) is 0 Å². The Morgan fingerprint density at radius 2 is 1.88 bits per heavy atom. The molecule has 3 rings (SSSR count). The van der Waals surface area contributed by atoms with Crippen LogP contribution in [0, 0.1) is 12.8 Å². The summed E-state index contributed by atoms with van der Waals surface area (Å²) in [4.78, 5) is 23.5. The smallest absolute Gasteiger partial charge is 0.251 e. The molecule has 1 aromatic heterocycles. The summed E-state index contributed by atoms with van der Waals surface area (Å²) >= 11 is 0. The third-order valence-electron chi connectivity index (χ3n) is 5.28. The van der Waals surface area contributed by atoms with Crippen LogP contribution in [0.5, 0.6) is 0 Å². The third-order valence-corrected chi connectivity index (χ3v) is 6.57. The van der Waals surface area contributed by atoms with Gasteiger partial charge >= 0.3 is 0 Å². The van der Waals surface area contributed by atoms with Gasteiger partial charge in [-0.3, -0.25) is 9.78 Å². The lowest BCUT2D eigenvalue weighted by molar-refractivity contribution is 0.0899. The number of rotatable bonds is 9. The van der Waals surface area contributed by atoms with Crippen molar-refractivity contribution < 1.29 is 9.63 Å². The summed E-state index contributed by atoms with van der Waals surface area (Å²) in [5.74, 6) is 0.696. The van der Waals surface area contributed by atoms with E-state index in [4.69, 9.17) is 4.84 Å². The van der Waals surface area contributed by atoms with Crippen LogP contribution in [0.1, 0.15) is 54.6 Å². The maximum absolute atomic E-state index is 12.0. The van der Waals surface area contributed by atoms with E-state index in [1.165, 1.54) is 31.4 Å². The molecule has 1 aliphatic heterocycles. The molecule has 1 aromatic carbocycles. The Labute approximate surface area is 194 Å². The minimum absolute atomic E-state index is 0.0953. The highest BCUT2D eigenvalue weighted by atomic mass is 31.1. The molecule has 0 radical (unpaired) electrons. The maximum Gasteiger partial charge on any atom is 0.251 e. The van der Waals surface area contributed by atoms with E-state index in [2.05, 4.69) is 67.4 Å². The molecular weight excluding hydrogens is 419 g/mol. The van der Waals surface area contributed by atoms with Crippen molar-refractivity contribution >= 4 is 19.9 Å². The van der Waals surface area contributed by atoms with Gasteiger partial charge < -0.3 is 15.1 Å². The Bertz CT molecular complexity index is 841. The van der Waals surface area contributed by atoms with Gasteiger partial charge in [0.15, 0.2) is 5.85 Å². The number of nitrogens with zero attached hydrogens (tertiary/aromatic N) is 3. The molecule has 3 unspecified atom stereocenters. The number of nitrogens with one attached hydrogen (secondary N) is 1. The first kappa shape index (κ1) is 26.0. The highest BCUT2D eigenvalue weighted by molar-refractivity contribution is 7.60. The molecule has 0 spiro atoms. The number of carbonyl (C=O) groups excluding carboxylic acids is 1. The molecule has 174 valence electrons. The molecule has 1 N–H and O–H groups in total. The van der Waals surface area contributed by atoms with Crippen molar-refractivity contribution in [3.8, 4) is 0 Å². The van der Waals surface area contributed by atoms with Crippen LogP contribution >= 0.6 is 8.58 Å². The first-order chi connectivity index (χ1) is 15.4. The van der Waals surface area contributed by atoms with Crippen molar-refractivity contribution in [2.24, 2.45) is 11.1 Å². The van der Waals surface area contributed by atoms with Crippen LogP contribution in [-0.4, -0.2) is 54.3 Å². The predicted octanol–water partition coefficient (Wildman–Crippen LogP) is 4.89. The van der Waals surface area contributed by atoms with Crippen molar-refractivity contribution in [2.45, 2.75) is 45.9 Å². The zero-order valence-electron chi connectivity index (χ0n) is 20.0. The lowest BCUT2D eigenvalue weighted by atomic mass is 10.0. The summed E-state index contributed by atoms with van der Waals surface area (Å²) in [7, 11) is 4.69. The van der Waals surface area contributed by atoms with Crippen LogP contribution in [0.4, 0.5) is 0 Å². The van der Waals surface area contributed by atoms with Gasteiger partial charge in [-0.15, -0.1) is 0 Å². The fraction of sp³-hybridized carbons (Fsp3) is 0.480. The highest BCUT2D eigenvalue weighted by Crippen LogP contribution is 2.32. The van der Waals surface area contributed by atoms with Gasteiger partial charge in [0.1, 0.15) is 5.45 Å². The van der Waals surface area contributed by atoms with Crippen molar-refractivity contribution in [3.63, 3.8) is 0 Å². The molecule has 32 heavy (non-hydrogen) atoms. The average molecular weight is 457 g/mol. The van der Waals surface area contributed by atoms with Crippen molar-refractivity contribution in [2.75, 3.05) is 27.2 Å². The monoisotopic (exact) mass is 456 g/mol. The van der Waals surface area contributed by atoms with Crippen LogP contribution in [0.3, 0.4) is 0 Å². The molecule has 0 saturated carbocycles. The summed E-state index contributed by atoms with van der Waals surface area (Å²) in [6.07, 6.45) is 7.26. The van der Waals surface area contributed by atoms with Crippen LogP contribution in [0.2, 0.25) is 0 Å². The highest BCUT2D eigenvalue weighted by Gasteiger charge is 2.22. The number of aryl methyl sites for hydroxylation is 1. The molecule has 0 bridgehead atoms. The second-order valence-corrected chi connectivity index (χ2v) is 9.86. The Kier molecular flexibility index (Phi) is 11.3. The number of aromatic nitrogens is 1. The van der Waals surface area contributed by atoms with Crippen LogP contribution < -0.4 is 5.32 Å². The quantitative estimate of drug-likeness (QED) is 0.546. The summed E-state index contributed by atoms with van der Waals surface area (Å²) in [6.45, 7) is 8.33. The number of pyridine rings is 1. The first-order valence-electron chi connectivity index (χ1n) is 11.3. The van der Waals surface area contributed by atoms with Gasteiger partial charge in [0.05, 0.1) is 6.54 Å². The molecule has 0 fully saturated rings. The molecule has 0 aliphatic carbocycles. The molecule has 0 saturated heterocycles. The van der Waals surface area contributed by atoms with Crippen molar-refractivity contribution in [1.29, 1.82) is 0 Å². The fourth-order valence-electron chi connectivity index (χ4n) is 3.01. The number of benzene rings is 1. The van der Waals surface area contributed by atoms with E-state index >= 15 is 0 Å². The van der Waals surface area contributed by atoms with E-state index < -0.39 is 0 Å². The second-order valence-electron chi connectivity index (χ2n) is 8.45. The van der Waals surface area contributed by atoms with Gasteiger partial charge in [-0.2, -0.15) is 0 Å². The minimum atomic E-state index is -0.125. The zero-order chi connectivity index (χ0) is 23.3. The normalized spacial score (nSPS) is 16.7. The summed E-state index contributed by atoms with van der Waals surface area (Å²) in [5.41, 5.74) is 3.83. The maximum atomic E-state index is 12.0. The van der Waals surface area contributed by atoms with Gasteiger partial charge in [-0.05, 0) is 67.0 Å². The molecule has 7 heteroatoms. The third kappa shape index (κ3) is 9.46. The van der Waals surface area contributed by atoms with Crippen LogP contribution in [0.15, 0.2) is 53.9 Å². The number of oxime groups is 1. The van der Waals surface area contributed by atoms with Gasteiger partial charge in [0, 0.05) is 23.5 Å². The van der Waals surface area contributed by atoms with Gasteiger partial charge in [-0.1, -0.05) is 55.3 Å². The standard InChI is InChI=1S/C16H16N3O2P.C9H21N/c1-11-2-4-13(5-3-11)16-19-21-14(22-16)10-18-15(20)12-6-8-17-9-7-12;1-5-9(2)7-6-8-10(3)4/h2-9,14,22H,10H2,1H3,(H,18,20);9H,5-8H2,1-4H3. The van der Waals surface area contributed by atoms with Gasteiger partial charge in [0.2, 0.25) is 0 Å². The zero-order valence-corrected chi connectivity index (χ0v) is 21.0. The summed E-state index contributed by atoms with van der Waals surface area (Å²) < 4.78 is 0. The van der Waals surface area contributed by atoms with E-state index in [0.717, 1.165) is 16.9 Å². The first-order valence-corrected chi connectivity index (χ1v) is 12.4. The largest absolute Gasteiger partial charge is 0.385 e. The Balaban J connectivity index is 0.000000309. The Hall–Kier alpha value is -2.30. The van der Waals surface area contributed by atoms with Crippen molar-refractivity contribution in [1.82, 2.24) is 15.2 Å². The summed E-state index contributed by atoms with van der Waals surface area (Å²) in [6, 6.07) is 11.6. The SMILES string of the molecule is CCC(C)CCCN(C)C.Cc1ccc(C2=NOC(CNC(=O)c3ccncc3)P2)cc1. The molecule has 2 aromatic rings. The molecule has 3 atom stereocenters. The number of amides is 1. The minimum Gasteiger partial charge on any atom is -0.385 e. The topological polar surface area (TPSA) is 66.8 Å². The molecular formula is C25H37N4O2P. The van der Waals surface area contributed by atoms with Crippen LogP contribution in [0.25, 0.3) is 0 Å². The van der Waals surface area contributed by atoms with E-state index in [0.29, 0.717) is 20.7 Å². The molecule has 6 nitrogen and oxygen atoms in total. The molecule has 1 aliphatic rings. The van der Waals surface area contributed by atoms with E-state index in [1.54, 1.807) is 24.5 Å². The Morgan fingerprint density at radius 1 is 1.19 bits per heavy atom. The van der Waals surface area contributed by atoms with Gasteiger partial charge in [0.25, 0.3) is 5.91 Å². The number of hydrogen-bond donors (Lipinski definition) is 1. The Morgan fingerprint density at radius 3 is 2.50 bits per heavy atom. The number of carbonyl (C=O) groups is 1. The average Bonchev–Trinajstić information content (AvgIpc) is 3.27. The van der Waals surface area contributed by atoms with E-state index in [1.807, 2.05) is 12.1 Å². The molecule has 1 amide bonds.